The van der Waals surface area contributed by atoms with Gasteiger partial charge in [-0.2, -0.15) is 0 Å². The number of carbonyl (C=O) groups excluding carboxylic acids is 4. The van der Waals surface area contributed by atoms with Crippen molar-refractivity contribution in [2.45, 2.75) is 68.7 Å². The van der Waals surface area contributed by atoms with Crippen LogP contribution in [0.15, 0.2) is 48.0 Å². The standard InChI is InChI=1S/C32H31Cl2FN2O5/c1-15-12-17(13-16(2)25(15)38)24-20-10-11-21-23(27(40)37(26(21)39)30(3,4)5)22(20)14-31(33)28(41)36(29(42)32(24,31)34)19-8-6-18(35)7-9-19/h6-10,12-13,21-24,38H,11,14H2,1-5H3. The van der Waals surface area contributed by atoms with Gasteiger partial charge in [0.05, 0.1) is 17.5 Å². The van der Waals surface area contributed by atoms with Crippen molar-refractivity contribution in [3.8, 4) is 5.75 Å². The van der Waals surface area contributed by atoms with Crippen LogP contribution in [-0.2, 0) is 19.2 Å². The number of anilines is 1. The number of nitrogens with zero attached hydrogens (tertiary/aromatic N) is 2. The number of phenolic OH excluding ortho intramolecular Hbond substituents is 1. The number of hydrogen-bond acceptors (Lipinski definition) is 5. The summed E-state index contributed by atoms with van der Waals surface area (Å²) in [6.45, 7) is 8.84. The lowest BCUT2D eigenvalue weighted by molar-refractivity contribution is -0.145. The average Bonchev–Trinajstić information content (AvgIpc) is 3.26. The minimum Gasteiger partial charge on any atom is -0.507 e. The van der Waals surface area contributed by atoms with E-state index < -0.39 is 56.6 Å². The van der Waals surface area contributed by atoms with E-state index in [0.717, 1.165) is 17.0 Å². The number of hydrogen-bond donors (Lipinski definition) is 1. The van der Waals surface area contributed by atoms with Crippen molar-refractivity contribution in [3.05, 3.63) is 70.6 Å². The van der Waals surface area contributed by atoms with E-state index in [4.69, 9.17) is 23.2 Å². The molecule has 220 valence electrons. The molecule has 2 aliphatic heterocycles. The summed E-state index contributed by atoms with van der Waals surface area (Å²) in [5.41, 5.74) is 1.69. The molecule has 2 saturated heterocycles. The summed E-state index contributed by atoms with van der Waals surface area (Å²) >= 11 is 14.7. The van der Waals surface area contributed by atoms with Gasteiger partial charge in [0.1, 0.15) is 11.6 Å². The van der Waals surface area contributed by atoms with Crippen LogP contribution in [0.4, 0.5) is 10.1 Å². The molecule has 6 rings (SSSR count). The summed E-state index contributed by atoms with van der Waals surface area (Å²) in [5, 5.41) is 10.5. The lowest BCUT2D eigenvalue weighted by Crippen LogP contribution is -2.60. The predicted molar refractivity (Wildman–Crippen MR) is 156 cm³/mol. The van der Waals surface area contributed by atoms with E-state index in [1.54, 1.807) is 46.8 Å². The highest BCUT2D eigenvalue weighted by Crippen LogP contribution is 2.66. The zero-order valence-corrected chi connectivity index (χ0v) is 25.4. The topological polar surface area (TPSA) is 95.0 Å². The van der Waals surface area contributed by atoms with Crippen LogP contribution < -0.4 is 4.90 Å². The quantitative estimate of drug-likeness (QED) is 0.274. The third kappa shape index (κ3) is 3.63. The molecule has 1 saturated carbocycles. The Balaban J connectivity index is 1.58. The summed E-state index contributed by atoms with van der Waals surface area (Å²) < 4.78 is 13.8. The minimum absolute atomic E-state index is 0.0868. The average molecular weight is 614 g/mol. The number of imide groups is 2. The zero-order valence-electron chi connectivity index (χ0n) is 23.9. The van der Waals surface area contributed by atoms with Crippen LogP contribution >= 0.6 is 23.2 Å². The lowest BCUT2D eigenvalue weighted by atomic mass is 9.56. The largest absolute Gasteiger partial charge is 0.507 e. The fourth-order valence-electron chi connectivity index (χ4n) is 7.59. The van der Waals surface area contributed by atoms with Gasteiger partial charge in [-0.3, -0.25) is 24.1 Å². The number of alkyl halides is 2. The number of rotatable bonds is 2. The molecule has 0 aromatic heterocycles. The van der Waals surface area contributed by atoms with Gasteiger partial charge in [0.15, 0.2) is 9.75 Å². The van der Waals surface area contributed by atoms with Gasteiger partial charge >= 0.3 is 0 Å². The Hall–Kier alpha value is -3.23. The molecule has 42 heavy (non-hydrogen) atoms. The van der Waals surface area contributed by atoms with Crippen molar-refractivity contribution in [3.63, 3.8) is 0 Å². The molecule has 2 aromatic rings. The summed E-state index contributed by atoms with van der Waals surface area (Å²) in [6.07, 6.45) is 2.01. The van der Waals surface area contributed by atoms with Crippen LogP contribution in [0.3, 0.4) is 0 Å². The molecule has 1 N–H and O–H groups in total. The first-order valence-corrected chi connectivity index (χ1v) is 14.7. The van der Waals surface area contributed by atoms with Crippen molar-refractivity contribution in [2.24, 2.45) is 17.8 Å². The Labute approximate surface area is 253 Å². The molecule has 4 aliphatic rings. The summed E-state index contributed by atoms with van der Waals surface area (Å²) in [6, 6.07) is 8.34. The third-order valence-electron chi connectivity index (χ3n) is 9.41. The molecular formula is C32H31Cl2FN2O5. The van der Waals surface area contributed by atoms with Crippen molar-refractivity contribution < 1.29 is 28.7 Å². The number of halogens is 3. The van der Waals surface area contributed by atoms with Gasteiger partial charge in [0, 0.05) is 11.5 Å². The highest BCUT2D eigenvalue weighted by molar-refractivity contribution is 6.58. The van der Waals surface area contributed by atoms with E-state index in [1.807, 2.05) is 6.08 Å². The summed E-state index contributed by atoms with van der Waals surface area (Å²) in [7, 11) is 0. The van der Waals surface area contributed by atoms with Gasteiger partial charge in [-0.15, -0.1) is 23.2 Å². The van der Waals surface area contributed by atoms with Crippen LogP contribution in [0, 0.1) is 37.4 Å². The molecule has 6 atom stereocenters. The summed E-state index contributed by atoms with van der Waals surface area (Å²) in [4.78, 5) is 54.3. The molecule has 2 aromatic carbocycles. The molecule has 4 amide bonds. The van der Waals surface area contributed by atoms with Gasteiger partial charge in [0.2, 0.25) is 11.8 Å². The zero-order chi connectivity index (χ0) is 30.7. The summed E-state index contributed by atoms with van der Waals surface area (Å²) in [5.74, 6) is -5.59. The SMILES string of the molecule is Cc1cc(C2C3=CCC4C(=O)N(C(C)(C)C)C(=O)C4C3CC3(Cl)C(=O)N(c4ccc(F)cc4)C(=O)C23Cl)cc(C)c1O. The van der Waals surface area contributed by atoms with Gasteiger partial charge in [0.25, 0.3) is 11.8 Å². The lowest BCUT2D eigenvalue weighted by Gasteiger charge is -2.51. The van der Waals surface area contributed by atoms with Gasteiger partial charge in [-0.05, 0) is 94.3 Å². The minimum atomic E-state index is -2.01. The molecule has 3 fully saturated rings. The van der Waals surface area contributed by atoms with Gasteiger partial charge in [-0.25, -0.2) is 9.29 Å². The molecule has 0 radical (unpaired) electrons. The van der Waals surface area contributed by atoms with Crippen LogP contribution in [-0.4, -0.2) is 48.9 Å². The van der Waals surface area contributed by atoms with Crippen molar-refractivity contribution in [2.75, 3.05) is 4.90 Å². The maximum Gasteiger partial charge on any atom is 0.258 e. The first-order chi connectivity index (χ1) is 19.5. The second kappa shape index (κ2) is 9.13. The fourth-order valence-corrected chi connectivity index (χ4v) is 8.52. The highest BCUT2D eigenvalue weighted by Gasteiger charge is 2.76. The van der Waals surface area contributed by atoms with Crippen molar-refractivity contribution >= 4 is 52.5 Å². The molecule has 7 nitrogen and oxygen atoms in total. The molecule has 0 spiro atoms. The van der Waals surface area contributed by atoms with Gasteiger partial charge in [-0.1, -0.05) is 23.8 Å². The maximum atomic E-state index is 14.4. The Kier molecular flexibility index (Phi) is 6.28. The number of benzene rings is 2. The molecule has 0 bridgehead atoms. The number of aromatic hydroxyl groups is 1. The smallest absolute Gasteiger partial charge is 0.258 e. The first kappa shape index (κ1) is 28.9. The number of allylic oxidation sites excluding steroid dienone is 2. The van der Waals surface area contributed by atoms with E-state index in [2.05, 4.69) is 0 Å². The van der Waals surface area contributed by atoms with Gasteiger partial charge < -0.3 is 5.11 Å². The second-order valence-corrected chi connectivity index (χ2v) is 14.2. The second-order valence-electron chi connectivity index (χ2n) is 12.9. The Morgan fingerprint density at radius 3 is 2.10 bits per heavy atom. The molecular weight excluding hydrogens is 582 g/mol. The van der Waals surface area contributed by atoms with E-state index >= 15 is 0 Å². The normalized spacial score (nSPS) is 32.6. The molecule has 2 aliphatic carbocycles. The molecule has 10 heteroatoms. The van der Waals surface area contributed by atoms with E-state index in [0.29, 0.717) is 22.3 Å². The van der Waals surface area contributed by atoms with E-state index in [9.17, 15) is 28.7 Å². The number of likely N-dealkylation sites (tertiary alicyclic amines) is 1. The van der Waals surface area contributed by atoms with Crippen LogP contribution in [0.5, 0.6) is 5.75 Å². The number of carbonyl (C=O) groups is 4. The maximum absolute atomic E-state index is 14.4. The molecule has 6 unspecified atom stereocenters. The highest BCUT2D eigenvalue weighted by atomic mass is 35.5. The molecule has 2 heterocycles. The van der Waals surface area contributed by atoms with Crippen LogP contribution in [0.2, 0.25) is 0 Å². The first-order valence-electron chi connectivity index (χ1n) is 13.9. The number of fused-ring (bicyclic) bond motifs is 4. The van der Waals surface area contributed by atoms with E-state index in [-0.39, 0.29) is 36.1 Å². The Morgan fingerprint density at radius 2 is 1.52 bits per heavy atom. The van der Waals surface area contributed by atoms with Crippen molar-refractivity contribution in [1.82, 2.24) is 4.90 Å². The van der Waals surface area contributed by atoms with E-state index in [1.165, 1.54) is 17.0 Å². The number of phenols is 1. The Bertz CT molecular complexity index is 1590. The van der Waals surface area contributed by atoms with Crippen LogP contribution in [0.25, 0.3) is 0 Å². The Morgan fingerprint density at radius 1 is 0.929 bits per heavy atom. The number of amides is 4. The van der Waals surface area contributed by atoms with Crippen molar-refractivity contribution in [1.29, 1.82) is 0 Å². The predicted octanol–water partition coefficient (Wildman–Crippen LogP) is 5.51. The third-order valence-corrected chi connectivity index (χ3v) is 10.8. The fraction of sp³-hybridized carbons (Fsp3) is 0.438. The van der Waals surface area contributed by atoms with Crippen LogP contribution in [0.1, 0.15) is 56.2 Å². The number of aryl methyl sites for hydroxylation is 2. The monoisotopic (exact) mass is 612 g/mol.